The maximum atomic E-state index is 13.0. The van der Waals surface area contributed by atoms with Gasteiger partial charge in [-0.1, -0.05) is 17.4 Å². The third-order valence-electron chi connectivity index (χ3n) is 4.10. The van der Waals surface area contributed by atoms with Crippen LogP contribution in [-0.4, -0.2) is 23.0 Å². The lowest BCUT2D eigenvalue weighted by Crippen LogP contribution is -2.28. The Kier molecular flexibility index (Phi) is 5.45. The number of hydrogen-bond acceptors (Lipinski definition) is 6. The highest BCUT2D eigenvalue weighted by atomic mass is 32.1. The summed E-state index contributed by atoms with van der Waals surface area (Å²) in [7, 11) is 1.63. The van der Waals surface area contributed by atoms with Gasteiger partial charge in [0.1, 0.15) is 5.75 Å². The van der Waals surface area contributed by atoms with Gasteiger partial charge in [-0.2, -0.15) is 0 Å². The third kappa shape index (κ3) is 4.11. The van der Waals surface area contributed by atoms with Crippen LogP contribution in [0, 0.1) is 0 Å². The Morgan fingerprint density at radius 1 is 1.21 bits per heavy atom. The molecule has 140 valence electrons. The van der Waals surface area contributed by atoms with Crippen LogP contribution in [0.25, 0.3) is 16.3 Å². The summed E-state index contributed by atoms with van der Waals surface area (Å²) in [6.07, 6.45) is 6.88. The topological polar surface area (TPSA) is 55.3 Å². The molecule has 0 atom stereocenters. The summed E-state index contributed by atoms with van der Waals surface area (Å²) in [5, 5.41) is 2.64. The van der Waals surface area contributed by atoms with E-state index < -0.39 is 0 Å². The lowest BCUT2D eigenvalue weighted by Gasteiger charge is -2.18. The van der Waals surface area contributed by atoms with Crippen molar-refractivity contribution in [3.8, 4) is 5.75 Å². The minimum absolute atomic E-state index is 0.115. The van der Waals surface area contributed by atoms with Crippen molar-refractivity contribution in [3.05, 3.63) is 76.8 Å². The molecule has 4 rings (SSSR count). The predicted octanol–water partition coefficient (Wildman–Crippen LogP) is 5.01. The number of thiazole rings is 1. The van der Waals surface area contributed by atoms with E-state index in [1.54, 1.807) is 41.8 Å². The van der Waals surface area contributed by atoms with Crippen molar-refractivity contribution in [2.75, 3.05) is 12.0 Å². The van der Waals surface area contributed by atoms with Gasteiger partial charge in [0, 0.05) is 29.4 Å². The molecule has 0 saturated carbocycles. The van der Waals surface area contributed by atoms with Crippen LogP contribution in [0.5, 0.6) is 5.75 Å². The molecule has 5 nitrogen and oxygen atoms in total. The smallest absolute Gasteiger partial charge is 0.253 e. The fourth-order valence-corrected chi connectivity index (χ4v) is 4.25. The van der Waals surface area contributed by atoms with E-state index in [0.717, 1.165) is 26.4 Å². The zero-order valence-electron chi connectivity index (χ0n) is 15.1. The monoisotopic (exact) mass is 407 g/mol. The molecule has 4 aromatic rings. The van der Waals surface area contributed by atoms with Crippen molar-refractivity contribution in [2.45, 2.75) is 6.54 Å². The molecule has 1 aromatic carbocycles. The summed E-state index contributed by atoms with van der Waals surface area (Å²) in [6.45, 7) is 0.424. The third-order valence-corrected chi connectivity index (χ3v) is 6.00. The van der Waals surface area contributed by atoms with Gasteiger partial charge >= 0.3 is 0 Å². The molecule has 7 heteroatoms. The second-order valence-corrected chi connectivity index (χ2v) is 7.95. The standard InChI is InChI=1S/C21H17N3O2S2/c1-26-16-4-6-19-18(13-16)23-21(28-19)24(14-15-8-10-22-11-9-15)20(25)7-5-17-3-2-12-27-17/h2-13H,14H2,1H3. The quantitative estimate of drug-likeness (QED) is 0.422. The van der Waals surface area contributed by atoms with E-state index in [1.165, 1.54) is 11.3 Å². The van der Waals surface area contributed by atoms with Crippen molar-refractivity contribution in [1.82, 2.24) is 9.97 Å². The summed E-state index contributed by atoms with van der Waals surface area (Å²) >= 11 is 3.08. The van der Waals surface area contributed by atoms with Crippen LogP contribution < -0.4 is 9.64 Å². The number of rotatable bonds is 6. The molecule has 3 heterocycles. The maximum Gasteiger partial charge on any atom is 0.253 e. The van der Waals surface area contributed by atoms with Gasteiger partial charge in [-0.3, -0.25) is 14.7 Å². The van der Waals surface area contributed by atoms with Crippen LogP contribution in [0.15, 0.2) is 66.3 Å². The van der Waals surface area contributed by atoms with Gasteiger partial charge in [0.15, 0.2) is 5.13 Å². The minimum Gasteiger partial charge on any atom is -0.497 e. The van der Waals surface area contributed by atoms with Gasteiger partial charge < -0.3 is 4.74 Å². The molecule has 0 unspecified atom stereocenters. The van der Waals surface area contributed by atoms with Gasteiger partial charge in [-0.15, -0.1) is 11.3 Å². The van der Waals surface area contributed by atoms with Crippen molar-refractivity contribution < 1.29 is 9.53 Å². The molecule has 28 heavy (non-hydrogen) atoms. The Hall–Kier alpha value is -3.03. The van der Waals surface area contributed by atoms with E-state index >= 15 is 0 Å². The molecule has 0 aliphatic heterocycles. The first-order valence-electron chi connectivity index (χ1n) is 8.59. The molecule has 0 radical (unpaired) electrons. The van der Waals surface area contributed by atoms with Crippen molar-refractivity contribution >= 4 is 50.0 Å². The van der Waals surface area contributed by atoms with Gasteiger partial charge in [0.05, 0.1) is 23.9 Å². The molecule has 0 N–H and O–H groups in total. The van der Waals surface area contributed by atoms with Crippen LogP contribution >= 0.6 is 22.7 Å². The number of carbonyl (C=O) groups excluding carboxylic acids is 1. The largest absolute Gasteiger partial charge is 0.497 e. The molecule has 0 aliphatic carbocycles. The molecule has 1 amide bonds. The lowest BCUT2D eigenvalue weighted by atomic mass is 10.2. The van der Waals surface area contributed by atoms with Gasteiger partial charge in [0.2, 0.25) is 0 Å². The number of pyridine rings is 1. The number of thiophene rings is 1. The fraction of sp³-hybridized carbons (Fsp3) is 0.0952. The minimum atomic E-state index is -0.115. The highest BCUT2D eigenvalue weighted by Crippen LogP contribution is 2.32. The molecule has 0 bridgehead atoms. The first-order chi connectivity index (χ1) is 13.7. The van der Waals surface area contributed by atoms with E-state index in [2.05, 4.69) is 9.97 Å². The number of hydrogen-bond donors (Lipinski definition) is 0. The Bertz CT molecular complexity index is 1110. The number of amides is 1. The number of benzene rings is 1. The van der Waals surface area contributed by atoms with E-state index in [-0.39, 0.29) is 5.91 Å². The highest BCUT2D eigenvalue weighted by Gasteiger charge is 2.18. The van der Waals surface area contributed by atoms with Gasteiger partial charge in [0.25, 0.3) is 5.91 Å². The molecule has 0 aliphatic rings. The van der Waals surface area contributed by atoms with E-state index in [0.29, 0.717) is 11.7 Å². The van der Waals surface area contributed by atoms with Crippen molar-refractivity contribution in [2.24, 2.45) is 0 Å². The van der Waals surface area contributed by atoms with Gasteiger partial charge in [-0.05, 0) is 47.4 Å². The first kappa shape index (κ1) is 18.3. The molecule has 0 saturated heterocycles. The molecular formula is C21H17N3O2S2. The van der Waals surface area contributed by atoms with Crippen LogP contribution in [-0.2, 0) is 11.3 Å². The zero-order valence-corrected chi connectivity index (χ0v) is 16.7. The van der Waals surface area contributed by atoms with Crippen molar-refractivity contribution in [3.63, 3.8) is 0 Å². The summed E-state index contributed by atoms with van der Waals surface area (Å²) in [5.74, 6) is 0.630. The van der Waals surface area contributed by atoms with Crippen molar-refractivity contribution in [1.29, 1.82) is 0 Å². The molecular weight excluding hydrogens is 390 g/mol. The first-order valence-corrected chi connectivity index (χ1v) is 10.3. The van der Waals surface area contributed by atoms with Crippen LogP contribution in [0.1, 0.15) is 10.4 Å². The number of carbonyl (C=O) groups is 1. The van der Waals surface area contributed by atoms with Crippen LogP contribution in [0.3, 0.4) is 0 Å². The number of aromatic nitrogens is 2. The number of anilines is 1. The summed E-state index contributed by atoms with van der Waals surface area (Å²) in [6, 6.07) is 13.5. The van der Waals surface area contributed by atoms with Gasteiger partial charge in [-0.25, -0.2) is 4.98 Å². The number of ether oxygens (including phenoxy) is 1. The Balaban J connectivity index is 1.68. The highest BCUT2D eigenvalue weighted by molar-refractivity contribution is 7.22. The second-order valence-electron chi connectivity index (χ2n) is 5.96. The molecule has 3 aromatic heterocycles. The average molecular weight is 408 g/mol. The lowest BCUT2D eigenvalue weighted by molar-refractivity contribution is -0.114. The fourth-order valence-electron chi connectivity index (χ4n) is 2.68. The Morgan fingerprint density at radius 3 is 2.82 bits per heavy atom. The van der Waals surface area contributed by atoms with Crippen LogP contribution in [0.2, 0.25) is 0 Å². The number of nitrogens with zero attached hydrogens (tertiary/aromatic N) is 3. The number of fused-ring (bicyclic) bond motifs is 1. The maximum absolute atomic E-state index is 13.0. The van der Waals surface area contributed by atoms with E-state index in [4.69, 9.17) is 4.74 Å². The van der Waals surface area contributed by atoms with Crippen LogP contribution in [0.4, 0.5) is 5.13 Å². The zero-order chi connectivity index (χ0) is 19.3. The summed E-state index contributed by atoms with van der Waals surface area (Å²) < 4.78 is 6.29. The number of methoxy groups -OCH3 is 1. The molecule has 0 fully saturated rings. The van der Waals surface area contributed by atoms with E-state index in [1.807, 2.05) is 53.9 Å². The summed E-state index contributed by atoms with van der Waals surface area (Å²) in [5.41, 5.74) is 1.80. The Morgan fingerprint density at radius 2 is 2.07 bits per heavy atom. The molecule has 0 spiro atoms. The Labute approximate surface area is 170 Å². The SMILES string of the molecule is COc1ccc2sc(N(Cc3ccncc3)C(=O)C=Cc3cccs3)nc2c1. The average Bonchev–Trinajstić information content (AvgIpc) is 3.39. The predicted molar refractivity (Wildman–Crippen MR) is 115 cm³/mol. The summed E-state index contributed by atoms with van der Waals surface area (Å²) in [4.78, 5) is 24.5. The second kappa shape index (κ2) is 8.33. The normalized spacial score (nSPS) is 11.2. The van der Waals surface area contributed by atoms with E-state index in [9.17, 15) is 4.79 Å².